The Labute approximate surface area is 97.5 Å². The van der Waals surface area contributed by atoms with Gasteiger partial charge in [0.2, 0.25) is 0 Å². The lowest BCUT2D eigenvalue weighted by atomic mass is 10.2. The highest BCUT2D eigenvalue weighted by Crippen LogP contribution is 2.19. The Bertz CT molecular complexity index is 342. The van der Waals surface area contributed by atoms with Crippen molar-refractivity contribution in [3.05, 3.63) is 16.6 Å². The third kappa shape index (κ3) is 3.01. The summed E-state index contributed by atoms with van der Waals surface area (Å²) in [7, 11) is 0. The summed E-state index contributed by atoms with van der Waals surface area (Å²) in [4.78, 5) is 15.8. The van der Waals surface area contributed by atoms with Crippen LogP contribution in [-0.4, -0.2) is 34.8 Å². The molecule has 2 rings (SSSR count). The lowest BCUT2D eigenvalue weighted by Gasteiger charge is -2.11. The molecule has 5 nitrogen and oxygen atoms in total. The predicted octanol–water partition coefficient (Wildman–Crippen LogP) is 0.865. The summed E-state index contributed by atoms with van der Waals surface area (Å²) in [5, 5.41) is 12.0. The number of nitrogens with zero attached hydrogens (tertiary/aromatic N) is 1. The standard InChI is InChI=1S/C10H14N2O3S/c13-10(14)9-2-1-7(15-9)3-11-4-8-5-12-6-16-8/h5-7,9,11H,1-4H2,(H,13,14). The number of hydrogen-bond acceptors (Lipinski definition) is 5. The van der Waals surface area contributed by atoms with Crippen LogP contribution in [0, 0.1) is 0 Å². The van der Waals surface area contributed by atoms with E-state index in [1.807, 2.05) is 6.20 Å². The molecular formula is C10H14N2O3S. The molecule has 0 aliphatic carbocycles. The fraction of sp³-hybridized carbons (Fsp3) is 0.600. The van der Waals surface area contributed by atoms with Crippen LogP contribution in [0.25, 0.3) is 0 Å². The molecule has 1 saturated heterocycles. The van der Waals surface area contributed by atoms with E-state index in [-0.39, 0.29) is 6.10 Å². The number of carboxylic acid groups (broad SMARTS) is 1. The molecule has 1 aromatic heterocycles. The second-order valence-electron chi connectivity index (χ2n) is 3.76. The Morgan fingerprint density at radius 1 is 1.69 bits per heavy atom. The van der Waals surface area contributed by atoms with E-state index in [2.05, 4.69) is 10.3 Å². The van der Waals surface area contributed by atoms with Gasteiger partial charge in [-0.25, -0.2) is 4.79 Å². The Kier molecular flexibility index (Phi) is 3.87. The van der Waals surface area contributed by atoms with Crippen molar-refractivity contribution in [2.24, 2.45) is 0 Å². The minimum atomic E-state index is -0.857. The molecule has 1 aromatic rings. The van der Waals surface area contributed by atoms with Crippen molar-refractivity contribution in [1.82, 2.24) is 10.3 Å². The zero-order valence-electron chi connectivity index (χ0n) is 8.76. The van der Waals surface area contributed by atoms with Gasteiger partial charge < -0.3 is 15.2 Å². The number of aliphatic carboxylic acids is 1. The van der Waals surface area contributed by atoms with Crippen LogP contribution >= 0.6 is 11.3 Å². The van der Waals surface area contributed by atoms with E-state index in [4.69, 9.17) is 9.84 Å². The van der Waals surface area contributed by atoms with Crippen molar-refractivity contribution in [2.45, 2.75) is 31.6 Å². The van der Waals surface area contributed by atoms with E-state index in [0.717, 1.165) is 13.0 Å². The van der Waals surface area contributed by atoms with Gasteiger partial charge in [0.25, 0.3) is 0 Å². The molecule has 0 bridgehead atoms. The number of rotatable bonds is 5. The average Bonchev–Trinajstić information content (AvgIpc) is 2.87. The normalized spacial score (nSPS) is 24.8. The van der Waals surface area contributed by atoms with Gasteiger partial charge in [0.05, 0.1) is 11.6 Å². The molecule has 16 heavy (non-hydrogen) atoms. The van der Waals surface area contributed by atoms with Gasteiger partial charge in [-0.15, -0.1) is 11.3 Å². The van der Waals surface area contributed by atoms with E-state index in [9.17, 15) is 4.79 Å². The van der Waals surface area contributed by atoms with Crippen LogP contribution in [-0.2, 0) is 16.1 Å². The van der Waals surface area contributed by atoms with E-state index >= 15 is 0 Å². The summed E-state index contributed by atoms with van der Waals surface area (Å²) >= 11 is 1.60. The lowest BCUT2D eigenvalue weighted by molar-refractivity contribution is -0.149. The first-order valence-corrected chi connectivity index (χ1v) is 6.10. The minimum Gasteiger partial charge on any atom is -0.479 e. The van der Waals surface area contributed by atoms with E-state index < -0.39 is 12.1 Å². The Hall–Kier alpha value is -0.980. The van der Waals surface area contributed by atoms with Crippen LogP contribution < -0.4 is 5.32 Å². The van der Waals surface area contributed by atoms with Crippen LogP contribution in [0.15, 0.2) is 11.7 Å². The molecule has 0 radical (unpaired) electrons. The molecule has 0 amide bonds. The summed E-state index contributed by atoms with van der Waals surface area (Å²) in [5.41, 5.74) is 1.80. The second-order valence-corrected chi connectivity index (χ2v) is 4.73. The van der Waals surface area contributed by atoms with Gasteiger partial charge in [-0.1, -0.05) is 0 Å². The number of carbonyl (C=O) groups is 1. The molecule has 0 saturated carbocycles. The van der Waals surface area contributed by atoms with Gasteiger partial charge in [0, 0.05) is 24.2 Å². The molecule has 1 fully saturated rings. The highest BCUT2D eigenvalue weighted by Gasteiger charge is 2.29. The van der Waals surface area contributed by atoms with Crippen molar-refractivity contribution in [2.75, 3.05) is 6.54 Å². The summed E-state index contributed by atoms with van der Waals surface area (Å²) in [6, 6.07) is 0. The van der Waals surface area contributed by atoms with Crippen molar-refractivity contribution in [3.8, 4) is 0 Å². The maximum Gasteiger partial charge on any atom is 0.332 e. The third-order valence-electron chi connectivity index (χ3n) is 2.54. The van der Waals surface area contributed by atoms with Gasteiger partial charge in [0.15, 0.2) is 6.10 Å². The molecule has 2 unspecified atom stereocenters. The average molecular weight is 242 g/mol. The predicted molar refractivity (Wildman–Crippen MR) is 59.4 cm³/mol. The number of carboxylic acids is 1. The zero-order valence-corrected chi connectivity index (χ0v) is 9.57. The lowest BCUT2D eigenvalue weighted by Crippen LogP contribution is -2.28. The van der Waals surface area contributed by atoms with Crippen molar-refractivity contribution in [1.29, 1.82) is 0 Å². The fourth-order valence-corrected chi connectivity index (χ4v) is 2.29. The molecule has 2 atom stereocenters. The van der Waals surface area contributed by atoms with Gasteiger partial charge in [-0.2, -0.15) is 0 Å². The maximum absolute atomic E-state index is 10.7. The number of hydrogen-bond donors (Lipinski definition) is 2. The molecular weight excluding hydrogens is 228 g/mol. The van der Waals surface area contributed by atoms with Crippen molar-refractivity contribution < 1.29 is 14.6 Å². The Morgan fingerprint density at radius 2 is 2.56 bits per heavy atom. The quantitative estimate of drug-likeness (QED) is 0.801. The molecule has 1 aliphatic rings. The van der Waals surface area contributed by atoms with Gasteiger partial charge in [-0.05, 0) is 12.8 Å². The monoisotopic (exact) mass is 242 g/mol. The summed E-state index contributed by atoms with van der Waals surface area (Å²) in [6.45, 7) is 1.46. The van der Waals surface area contributed by atoms with Crippen LogP contribution in [0.2, 0.25) is 0 Å². The third-order valence-corrected chi connectivity index (χ3v) is 3.32. The Morgan fingerprint density at radius 3 is 3.19 bits per heavy atom. The summed E-state index contributed by atoms with van der Waals surface area (Å²) < 4.78 is 5.37. The molecule has 2 N–H and O–H groups in total. The first-order chi connectivity index (χ1) is 7.75. The first-order valence-electron chi connectivity index (χ1n) is 5.22. The number of aromatic nitrogens is 1. The smallest absolute Gasteiger partial charge is 0.332 e. The largest absolute Gasteiger partial charge is 0.479 e. The van der Waals surface area contributed by atoms with Gasteiger partial charge >= 0.3 is 5.97 Å². The number of ether oxygens (including phenoxy) is 1. The van der Waals surface area contributed by atoms with Crippen LogP contribution in [0.4, 0.5) is 0 Å². The molecule has 0 aromatic carbocycles. The summed E-state index contributed by atoms with van der Waals surface area (Å²) in [6.07, 6.45) is 2.66. The van der Waals surface area contributed by atoms with E-state index in [0.29, 0.717) is 13.0 Å². The first kappa shape index (κ1) is 11.5. The van der Waals surface area contributed by atoms with Crippen LogP contribution in [0.3, 0.4) is 0 Å². The van der Waals surface area contributed by atoms with Crippen LogP contribution in [0.5, 0.6) is 0 Å². The van der Waals surface area contributed by atoms with E-state index in [1.54, 1.807) is 16.8 Å². The molecule has 1 aliphatic heterocycles. The van der Waals surface area contributed by atoms with Crippen LogP contribution in [0.1, 0.15) is 17.7 Å². The van der Waals surface area contributed by atoms with Crippen molar-refractivity contribution in [3.63, 3.8) is 0 Å². The molecule has 2 heterocycles. The van der Waals surface area contributed by atoms with Gasteiger partial charge in [-0.3, -0.25) is 4.98 Å². The highest BCUT2D eigenvalue weighted by molar-refractivity contribution is 7.09. The second kappa shape index (κ2) is 5.38. The molecule has 6 heteroatoms. The SMILES string of the molecule is O=C(O)C1CCC(CNCc2cncs2)O1. The highest BCUT2D eigenvalue weighted by atomic mass is 32.1. The minimum absolute atomic E-state index is 0.0222. The number of nitrogens with one attached hydrogen (secondary N) is 1. The zero-order chi connectivity index (χ0) is 11.4. The Balaban J connectivity index is 1.66. The fourth-order valence-electron chi connectivity index (χ4n) is 1.72. The topological polar surface area (TPSA) is 71.5 Å². The number of thiazole rings is 1. The van der Waals surface area contributed by atoms with Crippen molar-refractivity contribution >= 4 is 17.3 Å². The molecule has 88 valence electrons. The van der Waals surface area contributed by atoms with Gasteiger partial charge in [0.1, 0.15) is 0 Å². The summed E-state index contributed by atoms with van der Waals surface area (Å²) in [5.74, 6) is -0.857. The maximum atomic E-state index is 10.7. The van der Waals surface area contributed by atoms with E-state index in [1.165, 1.54) is 4.88 Å². The molecule has 0 spiro atoms.